The van der Waals surface area contributed by atoms with Crippen molar-refractivity contribution < 1.29 is 4.57 Å². The largest absolute Gasteiger partial charge is 0.314 e. The van der Waals surface area contributed by atoms with Crippen molar-refractivity contribution in [3.8, 4) is 0 Å². The summed E-state index contributed by atoms with van der Waals surface area (Å²) in [5, 5.41) is 2.00. The van der Waals surface area contributed by atoms with Crippen LogP contribution >= 0.6 is 7.14 Å². The van der Waals surface area contributed by atoms with Gasteiger partial charge < -0.3 is 4.57 Å². The molecule has 0 saturated heterocycles. The summed E-state index contributed by atoms with van der Waals surface area (Å²) in [7, 11) is -2.49. The van der Waals surface area contributed by atoms with Gasteiger partial charge in [0.2, 0.25) is 0 Å². The third kappa shape index (κ3) is 5.64. The lowest BCUT2D eigenvalue weighted by molar-refractivity contribution is 0.572. The van der Waals surface area contributed by atoms with Crippen LogP contribution in [0.2, 0.25) is 0 Å². The van der Waals surface area contributed by atoms with Crippen molar-refractivity contribution in [3.05, 3.63) is 60.7 Å². The van der Waals surface area contributed by atoms with E-state index in [0.29, 0.717) is 0 Å². The average molecular weight is 342 g/mol. The Morgan fingerprint density at radius 1 is 0.625 bits per heavy atom. The van der Waals surface area contributed by atoms with Gasteiger partial charge in [-0.05, 0) is 6.42 Å². The highest BCUT2D eigenvalue weighted by atomic mass is 31.2. The Hall–Kier alpha value is -1.33. The Bertz CT molecular complexity index is 563. The third-order valence-corrected chi connectivity index (χ3v) is 7.88. The first-order chi connectivity index (χ1) is 11.8. The molecule has 0 aliphatic rings. The molecule has 2 aromatic rings. The lowest BCUT2D eigenvalue weighted by Gasteiger charge is -2.19. The number of unbranched alkanes of at least 4 members (excludes halogenated alkanes) is 7. The first-order valence-electron chi connectivity index (χ1n) is 9.47. The van der Waals surface area contributed by atoms with Gasteiger partial charge in [-0.2, -0.15) is 0 Å². The summed E-state index contributed by atoms with van der Waals surface area (Å²) in [6.07, 6.45) is 11.0. The van der Waals surface area contributed by atoms with E-state index >= 15 is 0 Å². The zero-order valence-electron chi connectivity index (χ0n) is 15.0. The average Bonchev–Trinajstić information content (AvgIpc) is 2.65. The van der Waals surface area contributed by atoms with Gasteiger partial charge in [0.25, 0.3) is 0 Å². The molecule has 0 fully saturated rings. The van der Waals surface area contributed by atoms with E-state index in [1.165, 1.54) is 44.9 Å². The van der Waals surface area contributed by atoms with Crippen LogP contribution < -0.4 is 10.6 Å². The molecule has 0 aliphatic carbocycles. The normalized spacial score (nSPS) is 11.5. The van der Waals surface area contributed by atoms with Crippen LogP contribution in [0.4, 0.5) is 0 Å². The molecule has 24 heavy (non-hydrogen) atoms. The number of rotatable bonds is 11. The Morgan fingerprint density at radius 2 is 1.04 bits per heavy atom. The summed E-state index contributed by atoms with van der Waals surface area (Å²) in [4.78, 5) is 0. The second-order valence-electron chi connectivity index (χ2n) is 6.61. The minimum atomic E-state index is -2.49. The van der Waals surface area contributed by atoms with E-state index in [1.54, 1.807) is 0 Å². The molecule has 2 rings (SSSR count). The predicted molar refractivity (Wildman–Crippen MR) is 107 cm³/mol. The van der Waals surface area contributed by atoms with Gasteiger partial charge in [-0.1, -0.05) is 113 Å². The molecule has 0 saturated carbocycles. The monoisotopic (exact) mass is 342 g/mol. The van der Waals surface area contributed by atoms with E-state index < -0.39 is 7.14 Å². The maximum absolute atomic E-state index is 13.8. The summed E-state index contributed by atoms with van der Waals surface area (Å²) in [5.74, 6) is 0. The number of hydrogen-bond donors (Lipinski definition) is 0. The summed E-state index contributed by atoms with van der Waals surface area (Å²) in [6, 6.07) is 20.1. The molecule has 130 valence electrons. The van der Waals surface area contributed by atoms with Crippen molar-refractivity contribution in [3.63, 3.8) is 0 Å². The van der Waals surface area contributed by atoms with Gasteiger partial charge in [0.1, 0.15) is 7.14 Å². The number of benzene rings is 2. The van der Waals surface area contributed by atoms with Crippen molar-refractivity contribution in [1.29, 1.82) is 0 Å². The lowest BCUT2D eigenvalue weighted by Crippen LogP contribution is -2.18. The second-order valence-corrected chi connectivity index (χ2v) is 9.57. The molecule has 0 aliphatic heterocycles. The van der Waals surface area contributed by atoms with Crippen LogP contribution in [-0.4, -0.2) is 6.16 Å². The van der Waals surface area contributed by atoms with Crippen LogP contribution in [0.3, 0.4) is 0 Å². The molecule has 0 amide bonds. The number of hydrogen-bond acceptors (Lipinski definition) is 1. The van der Waals surface area contributed by atoms with E-state index in [0.717, 1.165) is 23.2 Å². The second kappa shape index (κ2) is 10.5. The van der Waals surface area contributed by atoms with Crippen LogP contribution in [0, 0.1) is 0 Å². The Balaban J connectivity index is 1.93. The van der Waals surface area contributed by atoms with Gasteiger partial charge in [-0.25, -0.2) is 0 Å². The van der Waals surface area contributed by atoms with Crippen molar-refractivity contribution >= 4 is 17.8 Å². The van der Waals surface area contributed by atoms with Gasteiger partial charge >= 0.3 is 0 Å². The van der Waals surface area contributed by atoms with Gasteiger partial charge in [-0.3, -0.25) is 0 Å². The minimum Gasteiger partial charge on any atom is -0.314 e. The molecule has 0 spiro atoms. The first kappa shape index (κ1) is 19.0. The molecular formula is C22H31OP. The molecule has 0 aromatic heterocycles. The molecule has 2 aromatic carbocycles. The van der Waals surface area contributed by atoms with Gasteiger partial charge in [0.05, 0.1) is 0 Å². The third-order valence-electron chi connectivity index (χ3n) is 4.67. The van der Waals surface area contributed by atoms with Gasteiger partial charge in [-0.15, -0.1) is 0 Å². The van der Waals surface area contributed by atoms with Crippen LogP contribution in [0.1, 0.15) is 58.3 Å². The minimum absolute atomic E-state index is 0.788. The topological polar surface area (TPSA) is 17.1 Å². The molecular weight excluding hydrogens is 311 g/mol. The fourth-order valence-corrected chi connectivity index (χ4v) is 6.00. The Labute approximate surface area is 147 Å². The summed E-state index contributed by atoms with van der Waals surface area (Å²) in [6.45, 7) is 2.25. The fourth-order valence-electron chi connectivity index (χ4n) is 3.21. The Kier molecular flexibility index (Phi) is 8.33. The zero-order chi connectivity index (χ0) is 17.1. The van der Waals surface area contributed by atoms with Gasteiger partial charge in [0.15, 0.2) is 0 Å². The highest BCUT2D eigenvalue weighted by molar-refractivity contribution is 7.78. The summed E-state index contributed by atoms with van der Waals surface area (Å²) in [5.41, 5.74) is 0. The highest BCUT2D eigenvalue weighted by Crippen LogP contribution is 2.44. The standard InChI is InChI=1S/C22H31OP/c1-2-3-4-5-6-7-8-15-20-24(23,21-16-11-9-12-17-21)22-18-13-10-14-19-22/h9-14,16-19H,2-8,15,20H2,1H3. The van der Waals surface area contributed by atoms with Crippen molar-refractivity contribution in [1.82, 2.24) is 0 Å². The SMILES string of the molecule is CCCCCCCCCCP(=O)(c1ccccc1)c1ccccc1. The van der Waals surface area contributed by atoms with Gasteiger partial charge in [0, 0.05) is 16.8 Å². The molecule has 2 heteroatoms. The van der Waals surface area contributed by atoms with E-state index in [-0.39, 0.29) is 0 Å². The maximum Gasteiger partial charge on any atom is 0.143 e. The predicted octanol–water partition coefficient (Wildman–Crippen LogP) is 6.14. The molecule has 0 radical (unpaired) electrons. The lowest BCUT2D eigenvalue weighted by atomic mass is 10.1. The molecule has 0 heterocycles. The Morgan fingerprint density at radius 3 is 1.50 bits per heavy atom. The van der Waals surface area contributed by atoms with Crippen molar-refractivity contribution in [2.24, 2.45) is 0 Å². The quantitative estimate of drug-likeness (QED) is 0.354. The molecule has 0 N–H and O–H groups in total. The fraction of sp³-hybridized carbons (Fsp3) is 0.455. The molecule has 0 bridgehead atoms. The maximum atomic E-state index is 13.8. The van der Waals surface area contributed by atoms with E-state index in [4.69, 9.17) is 0 Å². The van der Waals surface area contributed by atoms with Crippen LogP contribution in [0.25, 0.3) is 0 Å². The van der Waals surface area contributed by atoms with Crippen LogP contribution in [0.15, 0.2) is 60.7 Å². The molecule has 0 atom stereocenters. The summed E-state index contributed by atoms with van der Waals surface area (Å²) < 4.78 is 13.8. The highest BCUT2D eigenvalue weighted by Gasteiger charge is 2.26. The zero-order valence-corrected chi connectivity index (χ0v) is 15.9. The smallest absolute Gasteiger partial charge is 0.143 e. The van der Waals surface area contributed by atoms with E-state index in [2.05, 4.69) is 6.92 Å². The van der Waals surface area contributed by atoms with Crippen LogP contribution in [0.5, 0.6) is 0 Å². The molecule has 1 nitrogen and oxygen atoms in total. The first-order valence-corrected chi connectivity index (χ1v) is 11.4. The van der Waals surface area contributed by atoms with E-state index in [9.17, 15) is 4.57 Å². The van der Waals surface area contributed by atoms with Crippen molar-refractivity contribution in [2.75, 3.05) is 6.16 Å². The van der Waals surface area contributed by atoms with E-state index in [1.807, 2.05) is 60.7 Å². The van der Waals surface area contributed by atoms with Crippen LogP contribution in [-0.2, 0) is 4.57 Å². The molecule has 0 unspecified atom stereocenters. The van der Waals surface area contributed by atoms with Crippen molar-refractivity contribution in [2.45, 2.75) is 58.3 Å². The summed E-state index contributed by atoms with van der Waals surface area (Å²) >= 11 is 0.